The molecule has 4 aliphatic rings. The number of likely N-dealkylation sites (N-methyl/N-ethyl adjacent to an activating group) is 1. The van der Waals surface area contributed by atoms with E-state index in [2.05, 4.69) is 17.1 Å². The van der Waals surface area contributed by atoms with E-state index >= 15 is 0 Å². The van der Waals surface area contributed by atoms with Crippen molar-refractivity contribution in [1.29, 1.82) is 5.26 Å². The molecule has 0 saturated heterocycles. The molecule has 2 heterocycles. The molecule has 2 aliphatic heterocycles. The molecule has 1 unspecified atom stereocenters. The van der Waals surface area contributed by atoms with Gasteiger partial charge in [0.05, 0.1) is 29.1 Å². The Kier molecular flexibility index (Phi) is 4.85. The van der Waals surface area contributed by atoms with E-state index in [4.69, 9.17) is 5.10 Å². The number of rotatable bonds is 3. The predicted octanol–water partition coefficient (Wildman–Crippen LogP) is 4.22. The molecule has 6 heteroatoms. The van der Waals surface area contributed by atoms with Gasteiger partial charge in [0, 0.05) is 24.2 Å². The second-order valence-corrected chi connectivity index (χ2v) is 9.23. The van der Waals surface area contributed by atoms with Crippen LogP contribution in [0.5, 0.6) is 0 Å². The molecule has 1 fully saturated rings. The Balaban J connectivity index is 1.57. The summed E-state index contributed by atoms with van der Waals surface area (Å²) in [5.41, 5.74) is 6.02. The van der Waals surface area contributed by atoms with Crippen molar-refractivity contribution in [3.63, 3.8) is 0 Å². The molecule has 5 rings (SSSR count). The number of nitriles is 1. The van der Waals surface area contributed by atoms with Crippen LogP contribution in [0, 0.1) is 30.1 Å². The maximum atomic E-state index is 11.6. The molecule has 6 nitrogen and oxygen atoms in total. The number of carboxylic acid groups (broad SMARTS) is 1. The number of anilines is 1. The van der Waals surface area contributed by atoms with Gasteiger partial charge in [-0.15, -0.1) is 0 Å². The number of carboxylic acids is 1. The Labute approximate surface area is 183 Å². The summed E-state index contributed by atoms with van der Waals surface area (Å²) >= 11 is 0. The SMILES string of the molecule is Cc1cc(N2N=C3C4=C(CC[C@@H]3[C@@H]2C2CCCC2)N(C)C(C(=O)O)C=C4)ccc1C#N. The van der Waals surface area contributed by atoms with Gasteiger partial charge >= 0.3 is 5.97 Å². The zero-order valence-electron chi connectivity index (χ0n) is 18.1. The van der Waals surface area contributed by atoms with Crippen LogP contribution in [0.3, 0.4) is 0 Å². The molecule has 0 radical (unpaired) electrons. The van der Waals surface area contributed by atoms with Crippen LogP contribution in [0.2, 0.25) is 0 Å². The fourth-order valence-corrected chi connectivity index (χ4v) is 5.98. The van der Waals surface area contributed by atoms with Crippen LogP contribution < -0.4 is 5.01 Å². The van der Waals surface area contributed by atoms with Gasteiger partial charge in [0.1, 0.15) is 6.04 Å². The minimum absolute atomic E-state index is 0.329. The summed E-state index contributed by atoms with van der Waals surface area (Å²) < 4.78 is 0. The van der Waals surface area contributed by atoms with Crippen molar-refractivity contribution in [2.45, 2.75) is 57.5 Å². The molecule has 3 atom stereocenters. The van der Waals surface area contributed by atoms with Crippen LogP contribution in [0.15, 0.2) is 46.7 Å². The summed E-state index contributed by atoms with van der Waals surface area (Å²) in [5, 5.41) is 26.3. The van der Waals surface area contributed by atoms with Crippen molar-refractivity contribution < 1.29 is 9.90 Å². The minimum Gasteiger partial charge on any atom is -0.479 e. The van der Waals surface area contributed by atoms with Crippen molar-refractivity contribution in [2.24, 2.45) is 16.9 Å². The minimum atomic E-state index is -0.820. The zero-order chi connectivity index (χ0) is 21.7. The van der Waals surface area contributed by atoms with Crippen molar-refractivity contribution >= 4 is 17.4 Å². The van der Waals surface area contributed by atoms with Gasteiger partial charge in [-0.25, -0.2) is 4.79 Å². The first-order valence-corrected chi connectivity index (χ1v) is 11.3. The summed E-state index contributed by atoms with van der Waals surface area (Å²) in [5.74, 6) is 0.151. The maximum Gasteiger partial charge on any atom is 0.330 e. The van der Waals surface area contributed by atoms with Gasteiger partial charge in [0.2, 0.25) is 0 Å². The Hall–Kier alpha value is -3.07. The smallest absolute Gasteiger partial charge is 0.330 e. The van der Waals surface area contributed by atoms with Crippen LogP contribution >= 0.6 is 0 Å². The van der Waals surface area contributed by atoms with E-state index in [-0.39, 0.29) is 0 Å². The largest absolute Gasteiger partial charge is 0.479 e. The van der Waals surface area contributed by atoms with Crippen molar-refractivity contribution in [3.8, 4) is 6.07 Å². The molecule has 31 heavy (non-hydrogen) atoms. The lowest BCUT2D eigenvalue weighted by Crippen LogP contribution is -2.44. The summed E-state index contributed by atoms with van der Waals surface area (Å²) in [7, 11) is 1.88. The Morgan fingerprint density at radius 1 is 1.26 bits per heavy atom. The molecule has 2 aliphatic carbocycles. The van der Waals surface area contributed by atoms with Crippen LogP contribution in [0.25, 0.3) is 0 Å². The number of allylic oxidation sites excluding steroid dienone is 3. The lowest BCUT2D eigenvalue weighted by Gasteiger charge is -2.38. The summed E-state index contributed by atoms with van der Waals surface area (Å²) in [4.78, 5) is 13.5. The highest BCUT2D eigenvalue weighted by Crippen LogP contribution is 2.46. The summed E-state index contributed by atoms with van der Waals surface area (Å²) in [6.45, 7) is 1.98. The third kappa shape index (κ3) is 3.15. The van der Waals surface area contributed by atoms with E-state index in [1.807, 2.05) is 37.1 Å². The lowest BCUT2D eigenvalue weighted by atomic mass is 9.75. The van der Waals surface area contributed by atoms with E-state index in [0.717, 1.165) is 41.1 Å². The normalized spacial score (nSPS) is 27.8. The number of nitrogens with zero attached hydrogens (tertiary/aromatic N) is 4. The second kappa shape index (κ2) is 7.56. The fraction of sp³-hybridized carbons (Fsp3) is 0.480. The molecule has 1 saturated carbocycles. The van der Waals surface area contributed by atoms with Crippen LogP contribution in [0.1, 0.15) is 49.7 Å². The Morgan fingerprint density at radius 2 is 2.03 bits per heavy atom. The monoisotopic (exact) mass is 416 g/mol. The van der Waals surface area contributed by atoms with Crippen LogP contribution in [0.4, 0.5) is 5.69 Å². The topological polar surface area (TPSA) is 79.9 Å². The predicted molar refractivity (Wildman–Crippen MR) is 120 cm³/mol. The zero-order valence-corrected chi connectivity index (χ0v) is 18.1. The fourth-order valence-electron chi connectivity index (χ4n) is 5.98. The Morgan fingerprint density at radius 3 is 2.71 bits per heavy atom. The van der Waals surface area contributed by atoms with E-state index in [1.165, 1.54) is 25.7 Å². The van der Waals surface area contributed by atoms with E-state index in [1.54, 1.807) is 6.08 Å². The van der Waals surface area contributed by atoms with Crippen LogP contribution in [-0.2, 0) is 4.79 Å². The van der Waals surface area contributed by atoms with E-state index in [0.29, 0.717) is 23.4 Å². The molecule has 160 valence electrons. The highest BCUT2D eigenvalue weighted by molar-refractivity contribution is 6.08. The summed E-state index contributed by atoms with van der Waals surface area (Å²) in [6.07, 6.45) is 10.7. The van der Waals surface area contributed by atoms with Gasteiger partial charge in [-0.2, -0.15) is 10.4 Å². The molecule has 0 amide bonds. The highest BCUT2D eigenvalue weighted by atomic mass is 16.4. The van der Waals surface area contributed by atoms with Crippen molar-refractivity contribution in [3.05, 3.63) is 52.7 Å². The average Bonchev–Trinajstić information content (AvgIpc) is 3.41. The Bertz CT molecular complexity index is 1060. The number of benzene rings is 1. The van der Waals surface area contributed by atoms with E-state index in [9.17, 15) is 15.2 Å². The molecule has 0 spiro atoms. The van der Waals surface area contributed by atoms with Crippen LogP contribution in [-0.4, -0.2) is 40.8 Å². The first-order valence-electron chi connectivity index (χ1n) is 11.3. The van der Waals surface area contributed by atoms with Gasteiger partial charge in [-0.1, -0.05) is 25.0 Å². The van der Waals surface area contributed by atoms with Gasteiger partial charge in [0.15, 0.2) is 0 Å². The molecule has 1 N–H and O–H groups in total. The molecular formula is C25H28N4O2. The number of fused-ring (bicyclic) bond motifs is 2. The second-order valence-electron chi connectivity index (χ2n) is 9.23. The summed E-state index contributed by atoms with van der Waals surface area (Å²) in [6, 6.07) is 7.98. The lowest BCUT2D eigenvalue weighted by molar-refractivity contribution is -0.140. The van der Waals surface area contributed by atoms with Gasteiger partial charge in [-0.05, 0) is 62.3 Å². The number of hydrogen-bond acceptors (Lipinski definition) is 5. The molecule has 1 aromatic carbocycles. The maximum absolute atomic E-state index is 11.6. The van der Waals surface area contributed by atoms with E-state index < -0.39 is 12.0 Å². The molecule has 0 aromatic heterocycles. The van der Waals surface area contributed by atoms with Gasteiger partial charge < -0.3 is 10.0 Å². The number of aliphatic carboxylic acids is 1. The third-order valence-corrected chi connectivity index (χ3v) is 7.56. The number of aryl methyl sites for hydroxylation is 1. The molecular weight excluding hydrogens is 388 g/mol. The van der Waals surface area contributed by atoms with Crippen molar-refractivity contribution in [1.82, 2.24) is 4.90 Å². The quantitative estimate of drug-likeness (QED) is 0.798. The highest BCUT2D eigenvalue weighted by Gasteiger charge is 2.47. The van der Waals surface area contributed by atoms with Gasteiger partial charge in [0.25, 0.3) is 0 Å². The van der Waals surface area contributed by atoms with Gasteiger partial charge in [-0.3, -0.25) is 5.01 Å². The number of hydrogen-bond donors (Lipinski definition) is 1. The average molecular weight is 417 g/mol. The third-order valence-electron chi connectivity index (χ3n) is 7.56. The van der Waals surface area contributed by atoms with Crippen molar-refractivity contribution in [2.75, 3.05) is 12.1 Å². The first kappa shape index (κ1) is 19.9. The molecule has 0 bridgehead atoms. The first-order chi connectivity index (χ1) is 15.0. The number of carbonyl (C=O) groups is 1. The standard InChI is InChI=1S/C25H28N4O2/c1-15-13-18(8-7-17(15)14-26)29-24(16-5-3-4-6-16)20-10-11-21-19(23(20)27-29)9-12-22(25(30)31)28(21)2/h7-9,12-13,16,20,22,24H,3-6,10-11H2,1-2H3,(H,30,31)/t20-,22?,24-/m0/s1. The number of hydrazone groups is 1. The molecule has 1 aromatic rings.